The van der Waals surface area contributed by atoms with Gasteiger partial charge in [-0.15, -0.1) is 11.3 Å². The highest BCUT2D eigenvalue weighted by atomic mass is 32.1. The highest BCUT2D eigenvalue weighted by Crippen LogP contribution is 2.36. The van der Waals surface area contributed by atoms with Crippen molar-refractivity contribution >= 4 is 11.3 Å². The van der Waals surface area contributed by atoms with Crippen molar-refractivity contribution in [3.63, 3.8) is 0 Å². The van der Waals surface area contributed by atoms with Gasteiger partial charge in [-0.25, -0.2) is 4.98 Å². The first-order valence-electron chi connectivity index (χ1n) is 6.55. The van der Waals surface area contributed by atoms with Crippen molar-refractivity contribution in [1.82, 2.24) is 15.2 Å². The van der Waals surface area contributed by atoms with Crippen molar-refractivity contribution in [3.8, 4) is 0 Å². The topological polar surface area (TPSA) is 28.2 Å². The summed E-state index contributed by atoms with van der Waals surface area (Å²) in [6, 6.07) is 0.526. The summed E-state index contributed by atoms with van der Waals surface area (Å²) in [5, 5.41) is 7.02. The van der Waals surface area contributed by atoms with Crippen LogP contribution in [0.4, 0.5) is 0 Å². The average molecular weight is 253 g/mol. The van der Waals surface area contributed by atoms with Crippen molar-refractivity contribution in [2.24, 2.45) is 5.92 Å². The number of aryl methyl sites for hydroxylation is 1. The molecule has 2 rings (SSSR count). The van der Waals surface area contributed by atoms with E-state index in [9.17, 15) is 0 Å². The number of nitrogens with zero attached hydrogens (tertiary/aromatic N) is 2. The molecule has 1 aromatic rings. The summed E-state index contributed by atoms with van der Waals surface area (Å²) in [5.74, 6) is 0.720. The molecule has 1 saturated heterocycles. The Hall–Kier alpha value is -0.450. The van der Waals surface area contributed by atoms with E-state index >= 15 is 0 Å². The molecule has 0 aliphatic carbocycles. The maximum absolute atomic E-state index is 4.67. The zero-order valence-corrected chi connectivity index (χ0v) is 11.9. The summed E-state index contributed by atoms with van der Waals surface area (Å²) in [5.41, 5.74) is 1.16. The van der Waals surface area contributed by atoms with Crippen molar-refractivity contribution in [3.05, 3.63) is 16.1 Å². The van der Waals surface area contributed by atoms with E-state index in [2.05, 4.69) is 41.5 Å². The molecule has 17 heavy (non-hydrogen) atoms. The molecule has 1 aliphatic rings. The van der Waals surface area contributed by atoms with Crippen LogP contribution in [0.1, 0.15) is 36.5 Å². The molecule has 1 aliphatic heterocycles. The van der Waals surface area contributed by atoms with Gasteiger partial charge >= 0.3 is 0 Å². The molecular weight excluding hydrogens is 230 g/mol. The lowest BCUT2D eigenvalue weighted by atomic mass is 10.0. The summed E-state index contributed by atoms with van der Waals surface area (Å²) in [6.45, 7) is 7.75. The van der Waals surface area contributed by atoms with Crippen molar-refractivity contribution in [2.45, 2.75) is 32.7 Å². The lowest BCUT2D eigenvalue weighted by Crippen LogP contribution is -2.28. The van der Waals surface area contributed by atoms with Gasteiger partial charge in [-0.3, -0.25) is 4.90 Å². The number of thiazole rings is 1. The van der Waals surface area contributed by atoms with Gasteiger partial charge < -0.3 is 5.32 Å². The molecule has 2 unspecified atom stereocenters. The summed E-state index contributed by atoms with van der Waals surface area (Å²) < 4.78 is 0. The quantitative estimate of drug-likeness (QED) is 0.817. The third-order valence-electron chi connectivity index (χ3n) is 3.50. The molecule has 2 heterocycles. The summed E-state index contributed by atoms with van der Waals surface area (Å²) in [4.78, 5) is 7.13. The van der Waals surface area contributed by atoms with Gasteiger partial charge in [0.1, 0.15) is 5.01 Å². The number of hydrogen-bond acceptors (Lipinski definition) is 4. The Kier molecular flexibility index (Phi) is 4.54. The normalized spacial score (nSPS) is 25.6. The zero-order chi connectivity index (χ0) is 12.3. The lowest BCUT2D eigenvalue weighted by molar-refractivity contribution is 0.271. The van der Waals surface area contributed by atoms with Crippen LogP contribution in [-0.2, 0) is 0 Å². The van der Waals surface area contributed by atoms with Gasteiger partial charge in [-0.05, 0) is 52.4 Å². The molecule has 2 atom stereocenters. The number of aromatic nitrogens is 1. The van der Waals surface area contributed by atoms with Crippen LogP contribution in [0.15, 0.2) is 5.38 Å². The van der Waals surface area contributed by atoms with Gasteiger partial charge in [-0.1, -0.05) is 6.92 Å². The van der Waals surface area contributed by atoms with E-state index in [4.69, 9.17) is 0 Å². The largest absolute Gasteiger partial charge is 0.316 e. The second-order valence-electron chi connectivity index (χ2n) is 5.01. The molecule has 0 amide bonds. The van der Waals surface area contributed by atoms with E-state index < -0.39 is 0 Å². The third kappa shape index (κ3) is 3.06. The minimum Gasteiger partial charge on any atom is -0.316 e. The van der Waals surface area contributed by atoms with E-state index in [0.29, 0.717) is 6.04 Å². The molecule has 1 fully saturated rings. The van der Waals surface area contributed by atoms with E-state index in [1.165, 1.54) is 24.4 Å². The molecule has 96 valence electrons. The SMILES string of the molecule is CCCNCC1CCN(C)C1c1nc(C)cs1. The van der Waals surface area contributed by atoms with E-state index in [1.54, 1.807) is 0 Å². The van der Waals surface area contributed by atoms with Gasteiger partial charge in [-0.2, -0.15) is 0 Å². The Morgan fingerprint density at radius 1 is 1.59 bits per heavy atom. The molecule has 0 radical (unpaired) electrons. The van der Waals surface area contributed by atoms with Gasteiger partial charge in [0.05, 0.1) is 6.04 Å². The van der Waals surface area contributed by atoms with Gasteiger partial charge in [0.15, 0.2) is 0 Å². The lowest BCUT2D eigenvalue weighted by Gasteiger charge is -2.23. The maximum Gasteiger partial charge on any atom is 0.110 e. The minimum absolute atomic E-state index is 0.526. The first-order valence-corrected chi connectivity index (χ1v) is 7.43. The first-order chi connectivity index (χ1) is 8.22. The smallest absolute Gasteiger partial charge is 0.110 e. The van der Waals surface area contributed by atoms with E-state index in [1.807, 2.05) is 11.3 Å². The van der Waals surface area contributed by atoms with E-state index in [-0.39, 0.29) is 0 Å². The Labute approximate surface area is 108 Å². The van der Waals surface area contributed by atoms with Crippen LogP contribution in [0.5, 0.6) is 0 Å². The number of likely N-dealkylation sites (tertiary alicyclic amines) is 1. The van der Waals surface area contributed by atoms with Crippen LogP contribution in [0.3, 0.4) is 0 Å². The third-order valence-corrected chi connectivity index (χ3v) is 4.53. The van der Waals surface area contributed by atoms with Crippen LogP contribution in [0.2, 0.25) is 0 Å². The Balaban J connectivity index is 2.01. The van der Waals surface area contributed by atoms with Gasteiger partial charge in [0.2, 0.25) is 0 Å². The predicted octanol–water partition coefficient (Wildman–Crippen LogP) is 2.44. The van der Waals surface area contributed by atoms with Crippen LogP contribution < -0.4 is 5.32 Å². The molecule has 0 aromatic carbocycles. The standard InChI is InChI=1S/C13H23N3S/c1-4-6-14-8-11-5-7-16(3)12(11)13-15-10(2)9-17-13/h9,11-12,14H,4-8H2,1-3H3. The fraction of sp³-hybridized carbons (Fsp3) is 0.769. The second-order valence-corrected chi connectivity index (χ2v) is 5.90. The molecule has 0 bridgehead atoms. The fourth-order valence-electron chi connectivity index (χ4n) is 2.60. The Bertz CT molecular complexity index is 350. The highest BCUT2D eigenvalue weighted by Gasteiger charge is 2.34. The molecule has 0 saturated carbocycles. The molecule has 4 heteroatoms. The first kappa shape index (κ1) is 13.0. The highest BCUT2D eigenvalue weighted by molar-refractivity contribution is 7.09. The fourth-order valence-corrected chi connectivity index (χ4v) is 3.65. The summed E-state index contributed by atoms with van der Waals surface area (Å²) >= 11 is 1.81. The van der Waals surface area contributed by atoms with Gasteiger partial charge in [0.25, 0.3) is 0 Å². The van der Waals surface area contributed by atoms with Crippen LogP contribution in [-0.4, -0.2) is 36.6 Å². The second kappa shape index (κ2) is 5.94. The average Bonchev–Trinajstić information content (AvgIpc) is 2.86. The molecule has 0 spiro atoms. The monoisotopic (exact) mass is 253 g/mol. The van der Waals surface area contributed by atoms with Crippen LogP contribution in [0, 0.1) is 12.8 Å². The number of hydrogen-bond donors (Lipinski definition) is 1. The summed E-state index contributed by atoms with van der Waals surface area (Å²) in [7, 11) is 2.22. The molecule has 1 aromatic heterocycles. The van der Waals surface area contributed by atoms with E-state index in [0.717, 1.165) is 24.7 Å². The summed E-state index contributed by atoms with van der Waals surface area (Å²) in [6.07, 6.45) is 2.50. The van der Waals surface area contributed by atoms with Crippen molar-refractivity contribution in [2.75, 3.05) is 26.7 Å². The Morgan fingerprint density at radius 3 is 3.06 bits per heavy atom. The number of nitrogens with one attached hydrogen (secondary N) is 1. The molecule has 3 nitrogen and oxygen atoms in total. The van der Waals surface area contributed by atoms with Crippen molar-refractivity contribution < 1.29 is 0 Å². The number of rotatable bonds is 5. The molecular formula is C13H23N3S. The van der Waals surface area contributed by atoms with Crippen molar-refractivity contribution in [1.29, 1.82) is 0 Å². The maximum atomic E-state index is 4.67. The van der Waals surface area contributed by atoms with Gasteiger partial charge in [0, 0.05) is 11.1 Å². The zero-order valence-electron chi connectivity index (χ0n) is 11.1. The van der Waals surface area contributed by atoms with Crippen LogP contribution in [0.25, 0.3) is 0 Å². The molecule has 1 N–H and O–H groups in total. The Morgan fingerprint density at radius 2 is 2.41 bits per heavy atom. The predicted molar refractivity (Wildman–Crippen MR) is 73.5 cm³/mol. The van der Waals surface area contributed by atoms with Crippen LogP contribution >= 0.6 is 11.3 Å². The minimum atomic E-state index is 0.526.